The fraction of sp³-hybridized carbons (Fsp3) is 0.292. The van der Waals surface area contributed by atoms with Gasteiger partial charge < -0.3 is 15.0 Å². The Morgan fingerprint density at radius 3 is 2.52 bits per heavy atom. The van der Waals surface area contributed by atoms with E-state index in [1.807, 2.05) is 42.5 Å². The number of rotatable bonds is 3. The van der Waals surface area contributed by atoms with Crippen LogP contribution in [-0.2, 0) is 0 Å². The Kier molecular flexibility index (Phi) is 4.90. The normalized spacial score (nSPS) is 19.2. The Labute approximate surface area is 180 Å². The van der Waals surface area contributed by atoms with Crippen LogP contribution in [0.1, 0.15) is 13.8 Å². The van der Waals surface area contributed by atoms with Gasteiger partial charge in [0.2, 0.25) is 0 Å². The molecule has 1 aliphatic rings. The number of piperazine rings is 1. The van der Waals surface area contributed by atoms with Crippen LogP contribution in [0.25, 0.3) is 32.9 Å². The van der Waals surface area contributed by atoms with Crippen LogP contribution in [0.15, 0.2) is 48.7 Å². The van der Waals surface area contributed by atoms with E-state index < -0.39 is 5.82 Å². The van der Waals surface area contributed by atoms with Crippen LogP contribution in [-0.4, -0.2) is 47.2 Å². The summed E-state index contributed by atoms with van der Waals surface area (Å²) in [6.45, 7) is 5.76. The Morgan fingerprint density at radius 1 is 1.00 bits per heavy atom. The molecular weight excluding hydrogens is 393 g/mol. The van der Waals surface area contributed by atoms with Gasteiger partial charge in [-0.1, -0.05) is 42.5 Å². The van der Waals surface area contributed by atoms with Gasteiger partial charge in [-0.05, 0) is 24.6 Å². The van der Waals surface area contributed by atoms with E-state index in [0.717, 1.165) is 29.4 Å². The van der Waals surface area contributed by atoms with E-state index in [0.29, 0.717) is 11.2 Å². The van der Waals surface area contributed by atoms with E-state index in [-0.39, 0.29) is 29.3 Å². The summed E-state index contributed by atoms with van der Waals surface area (Å²) < 4.78 is 21.2. The number of hydrogen-bond acceptors (Lipinski definition) is 6. The lowest BCUT2D eigenvalue weighted by atomic mass is 10.0. The summed E-state index contributed by atoms with van der Waals surface area (Å²) in [7, 11) is 1.50. The van der Waals surface area contributed by atoms with Crippen LogP contribution in [0.4, 0.5) is 10.2 Å². The van der Waals surface area contributed by atoms with Gasteiger partial charge in [-0.2, -0.15) is 9.97 Å². The molecule has 0 saturated carbocycles. The Balaban J connectivity index is 1.72. The fourth-order valence-electron chi connectivity index (χ4n) is 4.47. The molecule has 1 aliphatic heterocycles. The van der Waals surface area contributed by atoms with Gasteiger partial charge in [0.25, 0.3) is 0 Å². The molecule has 0 radical (unpaired) electrons. The second-order valence-corrected chi connectivity index (χ2v) is 8.12. The number of ether oxygens (including phenoxy) is 1. The van der Waals surface area contributed by atoms with Crippen molar-refractivity contribution in [3.8, 4) is 17.3 Å². The fourth-order valence-corrected chi connectivity index (χ4v) is 4.47. The number of benzene rings is 2. The van der Waals surface area contributed by atoms with Gasteiger partial charge >= 0.3 is 6.01 Å². The Bertz CT molecular complexity index is 1260. The predicted octanol–water partition coefficient (Wildman–Crippen LogP) is 4.18. The topological polar surface area (TPSA) is 63.2 Å². The molecule has 2 aromatic carbocycles. The molecule has 158 valence electrons. The molecule has 6 nitrogen and oxygen atoms in total. The van der Waals surface area contributed by atoms with E-state index in [9.17, 15) is 0 Å². The monoisotopic (exact) mass is 417 g/mol. The molecule has 1 fully saturated rings. The maximum Gasteiger partial charge on any atom is 0.318 e. The van der Waals surface area contributed by atoms with Gasteiger partial charge in [-0.25, -0.2) is 4.39 Å². The predicted molar refractivity (Wildman–Crippen MR) is 121 cm³/mol. The molecule has 7 heteroatoms. The summed E-state index contributed by atoms with van der Waals surface area (Å²) in [5.74, 6) is 0.185. The van der Waals surface area contributed by atoms with Crippen molar-refractivity contribution in [3.63, 3.8) is 0 Å². The molecule has 4 aromatic rings. The maximum absolute atomic E-state index is 15.9. The van der Waals surface area contributed by atoms with Crippen molar-refractivity contribution in [1.29, 1.82) is 0 Å². The summed E-state index contributed by atoms with van der Waals surface area (Å²) in [5, 5.41) is 6.07. The third-order valence-corrected chi connectivity index (χ3v) is 5.73. The molecule has 0 bridgehead atoms. The number of methoxy groups -OCH3 is 1. The van der Waals surface area contributed by atoms with Crippen LogP contribution in [0.5, 0.6) is 6.01 Å². The SMILES string of the molecule is COc1nc(N2CC(C)NC(C)C2)c2cnc(-c3cccc4ccccc34)c(F)c2n1. The highest BCUT2D eigenvalue weighted by atomic mass is 19.1. The van der Waals surface area contributed by atoms with Crippen LogP contribution in [0, 0.1) is 5.82 Å². The van der Waals surface area contributed by atoms with Gasteiger partial charge in [0.1, 0.15) is 17.0 Å². The second-order valence-electron chi connectivity index (χ2n) is 8.12. The van der Waals surface area contributed by atoms with Gasteiger partial charge in [-0.15, -0.1) is 0 Å². The minimum Gasteiger partial charge on any atom is -0.467 e. The van der Waals surface area contributed by atoms with Crippen molar-refractivity contribution in [2.45, 2.75) is 25.9 Å². The number of nitrogens with zero attached hydrogens (tertiary/aromatic N) is 4. The van der Waals surface area contributed by atoms with Gasteiger partial charge in [0.05, 0.1) is 12.5 Å². The zero-order chi connectivity index (χ0) is 21.5. The van der Waals surface area contributed by atoms with Crippen molar-refractivity contribution in [3.05, 3.63) is 54.5 Å². The number of pyridine rings is 1. The molecule has 2 atom stereocenters. The molecule has 2 unspecified atom stereocenters. The number of nitrogens with one attached hydrogen (secondary N) is 1. The summed E-state index contributed by atoms with van der Waals surface area (Å²) in [4.78, 5) is 15.6. The van der Waals surface area contributed by atoms with Crippen LogP contribution in [0.2, 0.25) is 0 Å². The first-order chi connectivity index (χ1) is 15.0. The maximum atomic E-state index is 15.9. The molecule has 1 saturated heterocycles. The van der Waals surface area contributed by atoms with Crippen molar-refractivity contribution in [2.75, 3.05) is 25.1 Å². The van der Waals surface area contributed by atoms with Gasteiger partial charge in [0, 0.05) is 36.9 Å². The number of fused-ring (bicyclic) bond motifs is 2. The Morgan fingerprint density at radius 2 is 1.74 bits per heavy atom. The lowest BCUT2D eigenvalue weighted by molar-refractivity contribution is 0.377. The molecule has 0 amide bonds. The van der Waals surface area contributed by atoms with Crippen LogP contribution < -0.4 is 15.0 Å². The van der Waals surface area contributed by atoms with Crippen LogP contribution in [0.3, 0.4) is 0 Å². The van der Waals surface area contributed by atoms with Crippen molar-refractivity contribution in [2.24, 2.45) is 0 Å². The van der Waals surface area contributed by atoms with E-state index in [1.165, 1.54) is 7.11 Å². The molecule has 3 heterocycles. The van der Waals surface area contributed by atoms with Crippen LogP contribution >= 0.6 is 0 Å². The van der Waals surface area contributed by atoms with Gasteiger partial charge in [-0.3, -0.25) is 4.98 Å². The first-order valence-corrected chi connectivity index (χ1v) is 10.4. The number of hydrogen-bond donors (Lipinski definition) is 1. The van der Waals surface area contributed by atoms with Gasteiger partial charge in [0.15, 0.2) is 5.82 Å². The highest BCUT2D eigenvalue weighted by molar-refractivity contribution is 5.99. The zero-order valence-corrected chi connectivity index (χ0v) is 17.8. The zero-order valence-electron chi connectivity index (χ0n) is 17.8. The minimum atomic E-state index is -0.466. The first kappa shape index (κ1) is 19.6. The van der Waals surface area contributed by atoms with E-state index >= 15 is 4.39 Å². The highest BCUT2D eigenvalue weighted by Crippen LogP contribution is 2.35. The van der Waals surface area contributed by atoms with E-state index in [2.05, 4.69) is 39.0 Å². The number of aromatic nitrogens is 3. The third-order valence-electron chi connectivity index (χ3n) is 5.73. The molecule has 0 spiro atoms. The highest BCUT2D eigenvalue weighted by Gasteiger charge is 2.26. The smallest absolute Gasteiger partial charge is 0.318 e. The number of anilines is 1. The number of halogens is 1. The summed E-state index contributed by atoms with van der Waals surface area (Å²) >= 11 is 0. The van der Waals surface area contributed by atoms with E-state index in [4.69, 9.17) is 4.74 Å². The Hall–Kier alpha value is -3.32. The minimum absolute atomic E-state index is 0.148. The average Bonchev–Trinajstić information content (AvgIpc) is 2.78. The lowest BCUT2D eigenvalue weighted by Gasteiger charge is -2.37. The largest absolute Gasteiger partial charge is 0.467 e. The van der Waals surface area contributed by atoms with Crippen molar-refractivity contribution < 1.29 is 9.13 Å². The second kappa shape index (κ2) is 7.74. The molecular formula is C24H24FN5O. The van der Waals surface area contributed by atoms with Crippen molar-refractivity contribution in [1.82, 2.24) is 20.3 Å². The quantitative estimate of drug-likeness (QED) is 0.540. The summed E-state index contributed by atoms with van der Waals surface area (Å²) in [5.41, 5.74) is 1.23. The molecule has 5 rings (SSSR count). The lowest BCUT2D eigenvalue weighted by Crippen LogP contribution is -2.54. The standard InChI is InChI=1S/C24H24FN5O/c1-14-12-30(13-15(2)27-14)23-19-11-26-21(20(25)22(19)28-24(29-23)31-3)18-10-6-8-16-7-4-5-9-17(16)18/h4-11,14-15,27H,12-13H2,1-3H3. The third kappa shape index (κ3) is 3.45. The van der Waals surface area contributed by atoms with E-state index in [1.54, 1.807) is 6.20 Å². The summed E-state index contributed by atoms with van der Waals surface area (Å²) in [6.07, 6.45) is 1.68. The molecule has 31 heavy (non-hydrogen) atoms. The van der Waals surface area contributed by atoms with Crippen molar-refractivity contribution >= 4 is 27.5 Å². The molecule has 1 N–H and O–H groups in total. The first-order valence-electron chi connectivity index (χ1n) is 10.4. The molecule has 0 aliphatic carbocycles. The molecule has 2 aromatic heterocycles. The average molecular weight is 417 g/mol. The summed E-state index contributed by atoms with van der Waals surface area (Å²) in [6, 6.07) is 14.4.